The van der Waals surface area contributed by atoms with Gasteiger partial charge in [0.1, 0.15) is 0 Å². The zero-order chi connectivity index (χ0) is 23.9. The number of aryl methyl sites for hydroxylation is 2. The summed E-state index contributed by atoms with van der Waals surface area (Å²) in [5.74, 6) is 1.15. The van der Waals surface area contributed by atoms with E-state index in [1.54, 1.807) is 0 Å². The number of amides is 1. The molecular formula is C28H21N3O3S. The Bertz CT molecular complexity index is 1610. The van der Waals surface area contributed by atoms with E-state index >= 15 is 0 Å². The third-order valence-electron chi connectivity index (χ3n) is 6.01. The topological polar surface area (TPSA) is 73.3 Å². The minimum absolute atomic E-state index is 0.204. The molecule has 0 radical (unpaired) electrons. The number of para-hydroxylation sites is 1. The first-order chi connectivity index (χ1) is 17.0. The van der Waals surface area contributed by atoms with Gasteiger partial charge in [-0.3, -0.25) is 10.1 Å². The molecule has 5 aromatic rings. The van der Waals surface area contributed by atoms with Gasteiger partial charge in [0.05, 0.1) is 22.5 Å². The lowest BCUT2D eigenvalue weighted by molar-refractivity contribution is 0.102. The van der Waals surface area contributed by atoms with E-state index in [9.17, 15) is 4.79 Å². The zero-order valence-corrected chi connectivity index (χ0v) is 20.0. The lowest BCUT2D eigenvalue weighted by atomic mass is 10.0. The number of fused-ring (bicyclic) bond motifs is 2. The van der Waals surface area contributed by atoms with Crippen LogP contribution in [0.1, 0.15) is 21.5 Å². The highest BCUT2D eigenvalue weighted by atomic mass is 32.1. The molecule has 172 valence electrons. The van der Waals surface area contributed by atoms with Crippen molar-refractivity contribution in [2.24, 2.45) is 0 Å². The van der Waals surface area contributed by atoms with Gasteiger partial charge in [-0.05, 0) is 49.7 Å². The van der Waals surface area contributed by atoms with Gasteiger partial charge >= 0.3 is 0 Å². The number of aromatic nitrogens is 2. The molecule has 2 aromatic heterocycles. The van der Waals surface area contributed by atoms with Gasteiger partial charge in [-0.1, -0.05) is 42.0 Å². The van der Waals surface area contributed by atoms with Crippen LogP contribution in [-0.2, 0) is 0 Å². The monoisotopic (exact) mass is 479 g/mol. The molecule has 0 aliphatic carbocycles. The van der Waals surface area contributed by atoms with E-state index in [0.717, 1.165) is 33.3 Å². The zero-order valence-electron chi connectivity index (χ0n) is 19.2. The molecule has 35 heavy (non-hydrogen) atoms. The number of anilines is 1. The smallest absolute Gasteiger partial charge is 0.258 e. The predicted octanol–water partition coefficient (Wildman–Crippen LogP) is 6.62. The summed E-state index contributed by atoms with van der Waals surface area (Å²) in [6, 6.07) is 21.4. The SMILES string of the molecule is Cc1ccc(-c2csc(NC(=O)c3cc(-c4ccc5c(c4)OCO5)nc4ccccc34)n2)c(C)c1. The van der Waals surface area contributed by atoms with Crippen LogP contribution >= 0.6 is 11.3 Å². The largest absolute Gasteiger partial charge is 0.454 e. The van der Waals surface area contributed by atoms with Crippen LogP contribution in [-0.4, -0.2) is 22.7 Å². The van der Waals surface area contributed by atoms with Gasteiger partial charge in [0.2, 0.25) is 6.79 Å². The van der Waals surface area contributed by atoms with Crippen molar-refractivity contribution in [2.75, 3.05) is 12.1 Å². The molecule has 1 aliphatic rings. The maximum absolute atomic E-state index is 13.4. The Labute approximate surface area is 206 Å². The minimum atomic E-state index is -0.230. The highest BCUT2D eigenvalue weighted by Gasteiger charge is 2.18. The summed E-state index contributed by atoms with van der Waals surface area (Å²) in [6.45, 7) is 4.34. The molecule has 0 saturated heterocycles. The van der Waals surface area contributed by atoms with E-state index in [-0.39, 0.29) is 12.7 Å². The summed E-state index contributed by atoms with van der Waals surface area (Å²) in [4.78, 5) is 22.9. The van der Waals surface area contributed by atoms with Crippen LogP contribution in [0.25, 0.3) is 33.4 Å². The fraction of sp³-hybridized carbons (Fsp3) is 0.107. The number of pyridine rings is 1. The van der Waals surface area contributed by atoms with Crippen molar-refractivity contribution in [1.29, 1.82) is 0 Å². The quantitative estimate of drug-likeness (QED) is 0.313. The molecule has 0 bridgehead atoms. The average molecular weight is 480 g/mol. The van der Waals surface area contributed by atoms with E-state index in [0.29, 0.717) is 27.9 Å². The van der Waals surface area contributed by atoms with Gasteiger partial charge in [-0.2, -0.15) is 0 Å². The number of ether oxygens (including phenoxy) is 2. The molecule has 6 nitrogen and oxygen atoms in total. The lowest BCUT2D eigenvalue weighted by Crippen LogP contribution is -2.13. The standard InChI is InChI=1S/C28H21N3O3S/c1-16-7-9-19(17(2)11-16)24-14-35-28(30-24)31-27(32)21-13-23(29-22-6-4-3-5-20(21)22)18-8-10-25-26(12-18)34-15-33-25/h3-14H,15H2,1-2H3,(H,30,31,32). The first-order valence-corrected chi connectivity index (χ1v) is 12.1. The number of rotatable bonds is 4. The second-order valence-corrected chi connectivity index (χ2v) is 9.31. The summed E-state index contributed by atoms with van der Waals surface area (Å²) in [6.07, 6.45) is 0. The van der Waals surface area contributed by atoms with Crippen LogP contribution in [0.5, 0.6) is 11.5 Å². The van der Waals surface area contributed by atoms with Crippen LogP contribution in [0.15, 0.2) is 72.1 Å². The molecule has 1 aliphatic heterocycles. The maximum Gasteiger partial charge on any atom is 0.258 e. The molecule has 1 N–H and O–H groups in total. The Hall–Kier alpha value is -4.23. The summed E-state index contributed by atoms with van der Waals surface area (Å²) >= 11 is 1.41. The summed E-state index contributed by atoms with van der Waals surface area (Å²) in [5, 5.41) is 6.29. The number of hydrogen-bond acceptors (Lipinski definition) is 6. The van der Waals surface area contributed by atoms with E-state index in [2.05, 4.69) is 42.3 Å². The van der Waals surface area contributed by atoms with E-state index in [1.807, 2.05) is 53.9 Å². The minimum Gasteiger partial charge on any atom is -0.454 e. The van der Waals surface area contributed by atoms with Gasteiger partial charge < -0.3 is 9.47 Å². The van der Waals surface area contributed by atoms with E-state index in [1.165, 1.54) is 16.9 Å². The van der Waals surface area contributed by atoms with Crippen LogP contribution in [0.3, 0.4) is 0 Å². The van der Waals surface area contributed by atoms with Crippen LogP contribution in [0.2, 0.25) is 0 Å². The number of carbonyl (C=O) groups is 1. The number of thiazole rings is 1. The lowest BCUT2D eigenvalue weighted by Gasteiger charge is -2.10. The molecule has 0 atom stereocenters. The first-order valence-electron chi connectivity index (χ1n) is 11.2. The summed E-state index contributed by atoms with van der Waals surface area (Å²) in [5.41, 5.74) is 7.08. The van der Waals surface area contributed by atoms with Crippen molar-refractivity contribution >= 4 is 33.3 Å². The second-order valence-electron chi connectivity index (χ2n) is 8.45. The van der Waals surface area contributed by atoms with Crippen molar-refractivity contribution in [3.63, 3.8) is 0 Å². The number of nitrogens with one attached hydrogen (secondary N) is 1. The van der Waals surface area contributed by atoms with E-state index in [4.69, 9.17) is 14.5 Å². The Morgan fingerprint density at radius 3 is 2.66 bits per heavy atom. The molecule has 3 aromatic carbocycles. The number of hydrogen-bond donors (Lipinski definition) is 1. The third-order valence-corrected chi connectivity index (χ3v) is 6.77. The predicted molar refractivity (Wildman–Crippen MR) is 138 cm³/mol. The fourth-order valence-electron chi connectivity index (χ4n) is 4.29. The second kappa shape index (κ2) is 8.52. The van der Waals surface area contributed by atoms with Gasteiger partial charge in [-0.25, -0.2) is 9.97 Å². The number of carbonyl (C=O) groups excluding carboxylic acids is 1. The number of benzene rings is 3. The van der Waals surface area contributed by atoms with Gasteiger partial charge in [0.15, 0.2) is 16.6 Å². The highest BCUT2D eigenvalue weighted by molar-refractivity contribution is 7.14. The van der Waals surface area contributed by atoms with Crippen LogP contribution in [0, 0.1) is 13.8 Å². The molecule has 0 fully saturated rings. The van der Waals surface area contributed by atoms with Crippen molar-refractivity contribution in [3.8, 4) is 34.0 Å². The maximum atomic E-state index is 13.4. The Morgan fingerprint density at radius 1 is 0.914 bits per heavy atom. The van der Waals surface area contributed by atoms with Gasteiger partial charge in [0.25, 0.3) is 5.91 Å². The third kappa shape index (κ3) is 4.00. The highest BCUT2D eigenvalue weighted by Crippen LogP contribution is 2.36. The Balaban J connectivity index is 1.35. The van der Waals surface area contributed by atoms with Crippen molar-refractivity contribution in [1.82, 2.24) is 9.97 Å². The Morgan fingerprint density at radius 2 is 1.77 bits per heavy atom. The van der Waals surface area contributed by atoms with E-state index < -0.39 is 0 Å². The molecular weight excluding hydrogens is 458 g/mol. The molecule has 6 rings (SSSR count). The molecule has 7 heteroatoms. The van der Waals surface area contributed by atoms with Crippen LogP contribution in [0.4, 0.5) is 5.13 Å². The van der Waals surface area contributed by atoms with Gasteiger partial charge in [-0.15, -0.1) is 11.3 Å². The number of nitrogens with zero attached hydrogens (tertiary/aromatic N) is 2. The molecule has 0 unspecified atom stereocenters. The normalized spacial score (nSPS) is 12.2. The molecule has 1 amide bonds. The van der Waals surface area contributed by atoms with Crippen LogP contribution < -0.4 is 14.8 Å². The summed E-state index contributed by atoms with van der Waals surface area (Å²) in [7, 11) is 0. The summed E-state index contributed by atoms with van der Waals surface area (Å²) < 4.78 is 10.9. The molecule has 0 spiro atoms. The first kappa shape index (κ1) is 21.3. The van der Waals surface area contributed by atoms with Crippen molar-refractivity contribution < 1.29 is 14.3 Å². The molecule has 3 heterocycles. The molecule has 0 saturated carbocycles. The van der Waals surface area contributed by atoms with Gasteiger partial charge in [0, 0.05) is 21.9 Å². The average Bonchev–Trinajstić information content (AvgIpc) is 3.52. The Kier molecular flexibility index (Phi) is 5.19. The van der Waals surface area contributed by atoms with Crippen molar-refractivity contribution in [2.45, 2.75) is 13.8 Å². The van der Waals surface area contributed by atoms with Crippen molar-refractivity contribution in [3.05, 3.63) is 88.8 Å². The fourth-order valence-corrected chi connectivity index (χ4v) is 4.99.